The van der Waals surface area contributed by atoms with E-state index in [-0.39, 0.29) is 0 Å². The molecule has 1 aromatic carbocycles. The lowest BCUT2D eigenvalue weighted by atomic mass is 10.3. The highest BCUT2D eigenvalue weighted by molar-refractivity contribution is 5.76. The van der Waals surface area contributed by atoms with Crippen LogP contribution >= 0.6 is 0 Å². The van der Waals surface area contributed by atoms with Crippen molar-refractivity contribution in [3.8, 4) is 5.82 Å². The molecule has 0 aliphatic carbocycles. The van der Waals surface area contributed by atoms with Gasteiger partial charge in [-0.3, -0.25) is 4.57 Å². The van der Waals surface area contributed by atoms with E-state index in [0.717, 1.165) is 16.9 Å². The lowest BCUT2D eigenvalue weighted by Crippen LogP contribution is -2.09. The molecule has 6 heteroatoms. The highest BCUT2D eigenvalue weighted by atomic mass is 15.3. The van der Waals surface area contributed by atoms with Crippen LogP contribution in [0.3, 0.4) is 0 Å². The van der Waals surface area contributed by atoms with Gasteiger partial charge in [0.2, 0.25) is 0 Å². The maximum atomic E-state index is 5.32. The quantitative estimate of drug-likeness (QED) is 0.505. The molecule has 0 unspecified atom stereocenters. The van der Waals surface area contributed by atoms with Crippen molar-refractivity contribution in [1.29, 1.82) is 0 Å². The third kappa shape index (κ3) is 1.60. The second-order valence-corrected chi connectivity index (χ2v) is 3.51. The van der Waals surface area contributed by atoms with E-state index in [2.05, 4.69) is 20.4 Å². The number of nitrogen functional groups attached to an aromatic ring is 1. The average Bonchev–Trinajstić information content (AvgIpc) is 2.82. The molecule has 6 nitrogen and oxygen atoms in total. The molecular weight excluding hydrogens is 216 g/mol. The molecule has 0 aliphatic rings. The van der Waals surface area contributed by atoms with Crippen LogP contribution in [-0.2, 0) is 0 Å². The minimum atomic E-state index is 0.563. The van der Waals surface area contributed by atoms with Crippen molar-refractivity contribution < 1.29 is 0 Å². The molecule has 0 saturated heterocycles. The molecule has 3 aromatic rings. The average molecular weight is 226 g/mol. The van der Waals surface area contributed by atoms with E-state index in [9.17, 15) is 0 Å². The first-order valence-electron chi connectivity index (χ1n) is 5.09. The number of aromatic nitrogens is 4. The van der Waals surface area contributed by atoms with Gasteiger partial charge in [0.15, 0.2) is 0 Å². The number of para-hydroxylation sites is 2. The van der Waals surface area contributed by atoms with Gasteiger partial charge in [0.05, 0.1) is 11.0 Å². The molecule has 0 radical (unpaired) electrons. The molecule has 0 bridgehead atoms. The van der Waals surface area contributed by atoms with Gasteiger partial charge < -0.3 is 5.43 Å². The molecule has 0 spiro atoms. The Morgan fingerprint density at radius 1 is 1.12 bits per heavy atom. The molecule has 0 saturated carbocycles. The summed E-state index contributed by atoms with van der Waals surface area (Å²) in [5.74, 6) is 6.61. The van der Waals surface area contributed by atoms with Gasteiger partial charge in [-0.15, -0.1) is 0 Å². The van der Waals surface area contributed by atoms with Crippen LogP contribution in [0.1, 0.15) is 0 Å². The van der Waals surface area contributed by atoms with Crippen LogP contribution in [0.15, 0.2) is 43.0 Å². The number of hydrogen-bond donors (Lipinski definition) is 2. The topological polar surface area (TPSA) is 81.6 Å². The first-order chi connectivity index (χ1) is 8.38. The molecule has 84 valence electrons. The largest absolute Gasteiger partial charge is 0.308 e. The third-order valence-electron chi connectivity index (χ3n) is 2.50. The van der Waals surface area contributed by atoms with Crippen LogP contribution in [0.5, 0.6) is 0 Å². The Hall–Kier alpha value is -2.47. The number of benzene rings is 1. The second-order valence-electron chi connectivity index (χ2n) is 3.51. The van der Waals surface area contributed by atoms with E-state index < -0.39 is 0 Å². The normalized spacial score (nSPS) is 10.6. The fraction of sp³-hybridized carbons (Fsp3) is 0. The van der Waals surface area contributed by atoms with E-state index in [0.29, 0.717) is 5.82 Å². The van der Waals surface area contributed by atoms with Crippen molar-refractivity contribution >= 4 is 16.9 Å². The summed E-state index contributed by atoms with van der Waals surface area (Å²) < 4.78 is 1.89. The van der Waals surface area contributed by atoms with Crippen LogP contribution in [-0.4, -0.2) is 19.5 Å². The van der Waals surface area contributed by atoms with Gasteiger partial charge in [0, 0.05) is 6.07 Å². The Balaban J connectivity index is 2.20. The van der Waals surface area contributed by atoms with Crippen molar-refractivity contribution in [2.75, 3.05) is 5.43 Å². The molecule has 3 rings (SSSR count). The molecule has 0 aliphatic heterocycles. The molecule has 0 amide bonds. The molecule has 3 N–H and O–H groups in total. The van der Waals surface area contributed by atoms with E-state index in [1.807, 2.05) is 28.8 Å². The summed E-state index contributed by atoms with van der Waals surface area (Å²) in [6.07, 6.45) is 3.19. The zero-order chi connectivity index (χ0) is 11.7. The van der Waals surface area contributed by atoms with Crippen LogP contribution < -0.4 is 11.3 Å². The van der Waals surface area contributed by atoms with E-state index in [4.69, 9.17) is 5.84 Å². The molecular formula is C11H10N6. The molecule has 0 fully saturated rings. The standard InChI is InChI=1S/C11H10N6/c12-16-10-5-11(14-6-13-10)17-7-15-8-3-1-2-4-9(8)17/h1-7H,12H2,(H,13,14,16). The number of nitrogens with zero attached hydrogens (tertiary/aromatic N) is 4. The van der Waals surface area contributed by atoms with Crippen LogP contribution in [0.4, 0.5) is 5.82 Å². The molecule has 2 heterocycles. The highest BCUT2D eigenvalue weighted by Crippen LogP contribution is 2.16. The van der Waals surface area contributed by atoms with Gasteiger partial charge in [0.25, 0.3) is 0 Å². The number of imidazole rings is 1. The predicted octanol–water partition coefficient (Wildman–Crippen LogP) is 1.10. The SMILES string of the molecule is NNc1cc(-n2cnc3ccccc32)ncn1. The Bertz CT molecular complexity index is 660. The summed E-state index contributed by atoms with van der Waals surface area (Å²) in [4.78, 5) is 12.5. The first-order valence-corrected chi connectivity index (χ1v) is 5.09. The molecule has 0 atom stereocenters. The Morgan fingerprint density at radius 2 is 2.00 bits per heavy atom. The number of anilines is 1. The van der Waals surface area contributed by atoms with Gasteiger partial charge >= 0.3 is 0 Å². The Morgan fingerprint density at radius 3 is 2.88 bits per heavy atom. The number of hydrogen-bond acceptors (Lipinski definition) is 5. The zero-order valence-electron chi connectivity index (χ0n) is 8.91. The number of nitrogens with one attached hydrogen (secondary N) is 1. The highest BCUT2D eigenvalue weighted by Gasteiger charge is 2.05. The van der Waals surface area contributed by atoms with Gasteiger partial charge in [0.1, 0.15) is 24.3 Å². The monoisotopic (exact) mass is 226 g/mol. The Kier molecular flexibility index (Phi) is 2.20. The van der Waals surface area contributed by atoms with E-state index in [1.165, 1.54) is 6.33 Å². The number of hydrazine groups is 1. The smallest absolute Gasteiger partial charge is 0.145 e. The number of rotatable bonds is 2. The van der Waals surface area contributed by atoms with E-state index in [1.54, 1.807) is 12.4 Å². The maximum absolute atomic E-state index is 5.32. The van der Waals surface area contributed by atoms with Crippen molar-refractivity contribution in [2.24, 2.45) is 5.84 Å². The Labute approximate surface area is 97.1 Å². The first kappa shape index (κ1) is 9.73. The summed E-state index contributed by atoms with van der Waals surface area (Å²) in [6.45, 7) is 0. The van der Waals surface area contributed by atoms with Crippen LogP contribution in [0.2, 0.25) is 0 Å². The van der Waals surface area contributed by atoms with Crippen LogP contribution in [0, 0.1) is 0 Å². The third-order valence-corrected chi connectivity index (χ3v) is 2.50. The minimum Gasteiger partial charge on any atom is -0.308 e. The summed E-state index contributed by atoms with van der Waals surface area (Å²) in [6, 6.07) is 9.61. The van der Waals surface area contributed by atoms with Crippen molar-refractivity contribution in [1.82, 2.24) is 19.5 Å². The van der Waals surface area contributed by atoms with Crippen molar-refractivity contribution in [2.45, 2.75) is 0 Å². The second kappa shape index (κ2) is 3.84. The minimum absolute atomic E-state index is 0.563. The number of fused-ring (bicyclic) bond motifs is 1. The van der Waals surface area contributed by atoms with Gasteiger partial charge in [-0.1, -0.05) is 12.1 Å². The lowest BCUT2D eigenvalue weighted by molar-refractivity contribution is 0.992. The zero-order valence-corrected chi connectivity index (χ0v) is 8.91. The van der Waals surface area contributed by atoms with Gasteiger partial charge in [-0.05, 0) is 12.1 Å². The summed E-state index contributed by atoms with van der Waals surface area (Å²) >= 11 is 0. The fourth-order valence-corrected chi connectivity index (χ4v) is 1.70. The maximum Gasteiger partial charge on any atom is 0.145 e. The lowest BCUT2D eigenvalue weighted by Gasteiger charge is -2.04. The van der Waals surface area contributed by atoms with Crippen molar-refractivity contribution in [3.05, 3.63) is 43.0 Å². The summed E-state index contributed by atoms with van der Waals surface area (Å²) in [5.41, 5.74) is 4.41. The van der Waals surface area contributed by atoms with Crippen LogP contribution in [0.25, 0.3) is 16.9 Å². The molecule has 2 aromatic heterocycles. The predicted molar refractivity (Wildman–Crippen MR) is 64.5 cm³/mol. The molecule has 17 heavy (non-hydrogen) atoms. The summed E-state index contributed by atoms with van der Waals surface area (Å²) in [7, 11) is 0. The van der Waals surface area contributed by atoms with Crippen molar-refractivity contribution in [3.63, 3.8) is 0 Å². The van der Waals surface area contributed by atoms with E-state index >= 15 is 0 Å². The fourth-order valence-electron chi connectivity index (χ4n) is 1.70. The summed E-state index contributed by atoms with van der Waals surface area (Å²) in [5, 5.41) is 0. The van der Waals surface area contributed by atoms with Gasteiger partial charge in [-0.25, -0.2) is 20.8 Å². The number of nitrogens with two attached hydrogens (primary N) is 1. The van der Waals surface area contributed by atoms with Gasteiger partial charge in [-0.2, -0.15) is 0 Å².